The highest BCUT2D eigenvalue weighted by Gasteiger charge is 2.01. The predicted molar refractivity (Wildman–Crippen MR) is 110 cm³/mol. The van der Waals surface area contributed by atoms with Crippen molar-refractivity contribution in [3.05, 3.63) is 33.8 Å². The first kappa shape index (κ1) is 22.6. The van der Waals surface area contributed by atoms with Crippen molar-refractivity contribution in [2.45, 2.75) is 19.9 Å². The van der Waals surface area contributed by atoms with Crippen molar-refractivity contribution in [1.82, 2.24) is 10.6 Å². The van der Waals surface area contributed by atoms with E-state index < -0.39 is 0 Å². The Bertz CT molecular complexity index is 473. The first-order valence-electron chi connectivity index (χ1n) is 7.43. The van der Waals surface area contributed by atoms with Crippen LogP contribution in [0.2, 0.25) is 0 Å². The molecule has 0 fully saturated rings. The topological polar surface area (TPSA) is 54.9 Å². The van der Waals surface area contributed by atoms with Crippen molar-refractivity contribution < 1.29 is 9.47 Å². The Balaban J connectivity index is 0.00000484. The molecule has 0 bridgehead atoms. The second-order valence-corrected chi connectivity index (χ2v) is 5.80. The van der Waals surface area contributed by atoms with E-state index in [1.165, 1.54) is 11.1 Å². The molecule has 0 spiro atoms. The number of aryl methyl sites for hydroxylation is 1. The maximum atomic E-state index is 5.42. The molecule has 1 aromatic rings. The standard InChI is InChI=1S/C16H26BrN3O2.HI/c1-13-11-15(17)6-5-14(13)12-20-16(18-2)19-7-4-8-22-10-9-21-3;/h5-6,11H,4,7-10,12H2,1-3H3,(H2,18,19,20);1H. The number of methoxy groups -OCH3 is 1. The summed E-state index contributed by atoms with van der Waals surface area (Å²) in [6.07, 6.45) is 0.932. The number of benzene rings is 1. The molecule has 0 unspecified atom stereocenters. The van der Waals surface area contributed by atoms with Crippen molar-refractivity contribution in [3.8, 4) is 0 Å². The molecular weight excluding hydrogens is 473 g/mol. The summed E-state index contributed by atoms with van der Waals surface area (Å²) in [5.41, 5.74) is 2.51. The number of aliphatic imine (C=N–C) groups is 1. The quantitative estimate of drug-likeness (QED) is 0.237. The summed E-state index contributed by atoms with van der Waals surface area (Å²) in [6, 6.07) is 6.28. The van der Waals surface area contributed by atoms with Crippen molar-refractivity contribution in [3.63, 3.8) is 0 Å². The average molecular weight is 500 g/mol. The Hall–Kier alpha value is -0.380. The van der Waals surface area contributed by atoms with E-state index in [9.17, 15) is 0 Å². The molecule has 0 aliphatic rings. The highest BCUT2D eigenvalue weighted by atomic mass is 127. The minimum Gasteiger partial charge on any atom is -0.382 e. The van der Waals surface area contributed by atoms with Crippen LogP contribution in [0, 0.1) is 6.92 Å². The fourth-order valence-corrected chi connectivity index (χ4v) is 2.36. The number of halogens is 2. The SMILES string of the molecule is CN=C(NCCCOCCOC)NCc1ccc(Br)cc1C.I. The lowest BCUT2D eigenvalue weighted by Crippen LogP contribution is -2.37. The van der Waals surface area contributed by atoms with Gasteiger partial charge in [-0.05, 0) is 36.6 Å². The summed E-state index contributed by atoms with van der Waals surface area (Å²) in [5, 5.41) is 6.60. The van der Waals surface area contributed by atoms with Gasteiger partial charge in [-0.1, -0.05) is 22.0 Å². The van der Waals surface area contributed by atoms with Crippen molar-refractivity contribution in [2.75, 3.05) is 40.5 Å². The fourth-order valence-electron chi connectivity index (χ4n) is 1.88. The van der Waals surface area contributed by atoms with Gasteiger partial charge in [0.15, 0.2) is 5.96 Å². The Kier molecular flexibility index (Phi) is 13.8. The van der Waals surface area contributed by atoms with E-state index in [1.807, 2.05) is 0 Å². The third-order valence-electron chi connectivity index (χ3n) is 3.16. The molecule has 1 aromatic carbocycles. The largest absolute Gasteiger partial charge is 0.382 e. The van der Waals surface area contributed by atoms with E-state index in [2.05, 4.69) is 56.7 Å². The second kappa shape index (κ2) is 14.0. The van der Waals surface area contributed by atoms with Crippen LogP contribution in [0.15, 0.2) is 27.7 Å². The van der Waals surface area contributed by atoms with E-state index in [0.717, 1.165) is 36.5 Å². The lowest BCUT2D eigenvalue weighted by Gasteiger charge is -2.13. The Morgan fingerprint density at radius 3 is 2.65 bits per heavy atom. The van der Waals surface area contributed by atoms with Gasteiger partial charge in [-0.2, -0.15) is 0 Å². The van der Waals surface area contributed by atoms with Crippen molar-refractivity contribution in [2.24, 2.45) is 4.99 Å². The summed E-state index contributed by atoms with van der Waals surface area (Å²) in [5.74, 6) is 0.805. The number of hydrogen-bond donors (Lipinski definition) is 2. The molecule has 0 saturated carbocycles. The molecule has 5 nitrogen and oxygen atoms in total. The molecule has 132 valence electrons. The third kappa shape index (κ3) is 10.2. The zero-order valence-electron chi connectivity index (χ0n) is 14.0. The summed E-state index contributed by atoms with van der Waals surface area (Å²) < 4.78 is 11.4. The lowest BCUT2D eigenvalue weighted by molar-refractivity contribution is 0.0698. The molecular formula is C16H27BrIN3O2. The molecule has 1 rings (SSSR count). The summed E-state index contributed by atoms with van der Waals surface area (Å²) >= 11 is 3.48. The molecule has 0 radical (unpaired) electrons. The monoisotopic (exact) mass is 499 g/mol. The third-order valence-corrected chi connectivity index (χ3v) is 3.66. The lowest BCUT2D eigenvalue weighted by atomic mass is 10.1. The molecule has 0 aliphatic heterocycles. The summed E-state index contributed by atoms with van der Waals surface area (Å²) in [4.78, 5) is 4.22. The molecule has 2 N–H and O–H groups in total. The minimum atomic E-state index is 0. The molecule has 0 atom stereocenters. The van der Waals surface area contributed by atoms with Crippen LogP contribution in [0.4, 0.5) is 0 Å². The average Bonchev–Trinajstić information content (AvgIpc) is 2.51. The van der Waals surface area contributed by atoms with Gasteiger partial charge in [0, 0.05) is 38.3 Å². The number of hydrogen-bond acceptors (Lipinski definition) is 3. The number of ether oxygens (including phenoxy) is 2. The van der Waals surface area contributed by atoms with Crippen LogP contribution in [-0.4, -0.2) is 46.5 Å². The van der Waals surface area contributed by atoms with Gasteiger partial charge in [-0.25, -0.2) is 0 Å². The van der Waals surface area contributed by atoms with Gasteiger partial charge < -0.3 is 20.1 Å². The van der Waals surface area contributed by atoms with Crippen LogP contribution in [0.25, 0.3) is 0 Å². The normalized spacial score (nSPS) is 11.0. The zero-order chi connectivity index (χ0) is 16.2. The van der Waals surface area contributed by atoms with E-state index in [-0.39, 0.29) is 24.0 Å². The Labute approximate surface area is 164 Å². The Morgan fingerprint density at radius 2 is 2.00 bits per heavy atom. The van der Waals surface area contributed by atoms with E-state index in [1.54, 1.807) is 14.2 Å². The predicted octanol–water partition coefficient (Wildman–Crippen LogP) is 3.09. The maximum Gasteiger partial charge on any atom is 0.191 e. The van der Waals surface area contributed by atoms with Gasteiger partial charge in [0.25, 0.3) is 0 Å². The van der Waals surface area contributed by atoms with Crippen LogP contribution in [-0.2, 0) is 16.0 Å². The Morgan fingerprint density at radius 1 is 1.22 bits per heavy atom. The van der Waals surface area contributed by atoms with E-state index in [4.69, 9.17) is 9.47 Å². The van der Waals surface area contributed by atoms with Crippen LogP contribution in [0.5, 0.6) is 0 Å². The molecule has 23 heavy (non-hydrogen) atoms. The summed E-state index contributed by atoms with van der Waals surface area (Å²) in [6.45, 7) is 5.69. The molecule has 0 aliphatic carbocycles. The van der Waals surface area contributed by atoms with Gasteiger partial charge in [0.05, 0.1) is 13.2 Å². The first-order valence-corrected chi connectivity index (χ1v) is 8.23. The molecule has 7 heteroatoms. The maximum absolute atomic E-state index is 5.42. The highest BCUT2D eigenvalue weighted by Crippen LogP contribution is 2.15. The summed E-state index contributed by atoms with van der Waals surface area (Å²) in [7, 11) is 3.45. The zero-order valence-corrected chi connectivity index (χ0v) is 17.9. The molecule has 0 amide bonds. The fraction of sp³-hybridized carbons (Fsp3) is 0.562. The highest BCUT2D eigenvalue weighted by molar-refractivity contribution is 14.0. The van der Waals surface area contributed by atoms with Gasteiger partial charge in [-0.3, -0.25) is 4.99 Å². The van der Waals surface area contributed by atoms with E-state index >= 15 is 0 Å². The number of nitrogens with zero attached hydrogens (tertiary/aromatic N) is 1. The molecule has 0 heterocycles. The van der Waals surface area contributed by atoms with E-state index in [0.29, 0.717) is 13.2 Å². The molecule has 0 aromatic heterocycles. The number of guanidine groups is 1. The second-order valence-electron chi connectivity index (χ2n) is 4.88. The van der Waals surface area contributed by atoms with Crippen molar-refractivity contribution in [1.29, 1.82) is 0 Å². The van der Waals surface area contributed by atoms with Crippen LogP contribution < -0.4 is 10.6 Å². The van der Waals surface area contributed by atoms with Crippen LogP contribution >= 0.6 is 39.9 Å². The van der Waals surface area contributed by atoms with Gasteiger partial charge in [0.2, 0.25) is 0 Å². The number of rotatable bonds is 9. The minimum absolute atomic E-state index is 0. The van der Waals surface area contributed by atoms with Gasteiger partial charge >= 0.3 is 0 Å². The van der Waals surface area contributed by atoms with Crippen molar-refractivity contribution >= 4 is 45.9 Å². The molecule has 0 saturated heterocycles. The van der Waals surface area contributed by atoms with Crippen LogP contribution in [0.1, 0.15) is 17.5 Å². The van der Waals surface area contributed by atoms with Gasteiger partial charge in [-0.15, -0.1) is 24.0 Å². The van der Waals surface area contributed by atoms with Crippen LogP contribution in [0.3, 0.4) is 0 Å². The van der Waals surface area contributed by atoms with Gasteiger partial charge in [0.1, 0.15) is 0 Å². The first-order chi connectivity index (χ1) is 10.7. The smallest absolute Gasteiger partial charge is 0.191 e. The number of nitrogens with one attached hydrogen (secondary N) is 2.